The molecule has 3 rings (SSSR count). The van der Waals surface area contributed by atoms with Gasteiger partial charge in [-0.3, -0.25) is 4.98 Å². The van der Waals surface area contributed by atoms with E-state index < -0.39 is 15.9 Å². The summed E-state index contributed by atoms with van der Waals surface area (Å²) in [6.07, 6.45) is 3.65. The highest BCUT2D eigenvalue weighted by atomic mass is 32.2. The summed E-state index contributed by atoms with van der Waals surface area (Å²) in [4.78, 5) is 17.1. The Morgan fingerprint density at radius 1 is 1.21 bits per heavy atom. The number of piperidine rings is 1. The van der Waals surface area contributed by atoms with E-state index in [2.05, 4.69) is 4.98 Å². The number of sulfone groups is 1. The van der Waals surface area contributed by atoms with Gasteiger partial charge in [-0.1, -0.05) is 6.07 Å². The van der Waals surface area contributed by atoms with Crippen molar-refractivity contribution < 1.29 is 27.8 Å². The van der Waals surface area contributed by atoms with Crippen LogP contribution in [0.25, 0.3) is 0 Å². The molecule has 1 fully saturated rings. The lowest BCUT2D eigenvalue weighted by Crippen LogP contribution is -2.36. The molecule has 1 aliphatic heterocycles. The van der Waals surface area contributed by atoms with Gasteiger partial charge in [-0.15, -0.1) is 0 Å². The van der Waals surface area contributed by atoms with Gasteiger partial charge >= 0.3 is 6.09 Å². The summed E-state index contributed by atoms with van der Waals surface area (Å²) in [6.45, 7) is 1.29. The van der Waals surface area contributed by atoms with Crippen LogP contribution in [0, 0.1) is 0 Å². The second-order valence-corrected chi connectivity index (χ2v) is 9.02. The van der Waals surface area contributed by atoms with Gasteiger partial charge in [0.1, 0.15) is 6.61 Å². The first-order valence-electron chi connectivity index (χ1n) is 9.21. The third-order valence-corrected chi connectivity index (χ3v) is 6.13. The van der Waals surface area contributed by atoms with Crippen LogP contribution in [0.3, 0.4) is 0 Å². The maximum Gasteiger partial charge on any atom is 0.407 e. The molecule has 1 aromatic heterocycles. The number of carboxylic acid groups (broad SMARTS) is 1. The number of hydrogen-bond acceptors (Lipinski definition) is 6. The maximum atomic E-state index is 11.7. The molecule has 2 heterocycles. The van der Waals surface area contributed by atoms with Gasteiger partial charge in [0.15, 0.2) is 21.3 Å². The molecule has 1 N–H and O–H groups in total. The van der Waals surface area contributed by atoms with E-state index in [-0.39, 0.29) is 11.5 Å². The van der Waals surface area contributed by atoms with Crippen LogP contribution in [-0.2, 0) is 16.4 Å². The topological polar surface area (TPSA) is 106 Å². The lowest BCUT2D eigenvalue weighted by atomic mass is 9.90. The molecule has 0 aliphatic carbocycles. The number of hydrogen-bond donors (Lipinski definition) is 1. The molecule has 8 nitrogen and oxygen atoms in total. The van der Waals surface area contributed by atoms with Gasteiger partial charge in [0.05, 0.1) is 17.7 Å². The van der Waals surface area contributed by atoms with Crippen LogP contribution in [0.15, 0.2) is 41.4 Å². The van der Waals surface area contributed by atoms with E-state index in [0.717, 1.165) is 30.4 Å². The monoisotopic (exact) mass is 420 g/mol. The molecule has 0 spiro atoms. The summed E-state index contributed by atoms with van der Waals surface area (Å²) in [5, 5.41) is 9.04. The molecule has 29 heavy (non-hydrogen) atoms. The van der Waals surface area contributed by atoms with E-state index in [9.17, 15) is 13.2 Å². The molecule has 1 aromatic carbocycles. The number of likely N-dealkylation sites (tertiary alicyclic amines) is 1. The Hall–Kier alpha value is -2.81. The van der Waals surface area contributed by atoms with E-state index in [1.807, 2.05) is 18.3 Å². The number of pyridine rings is 1. The fourth-order valence-corrected chi connectivity index (χ4v) is 3.95. The smallest absolute Gasteiger partial charge is 0.407 e. The van der Waals surface area contributed by atoms with Crippen molar-refractivity contribution in [3.05, 3.63) is 47.8 Å². The number of ether oxygens (including phenoxy) is 2. The van der Waals surface area contributed by atoms with Crippen molar-refractivity contribution in [2.45, 2.75) is 30.3 Å². The summed E-state index contributed by atoms with van der Waals surface area (Å²) < 4.78 is 34.3. The SMILES string of the molecule is COc1cc(S(C)(=O)=O)ccc1OCc1ccc(C2CCN(C(=O)O)CC2)cn1. The molecule has 0 saturated carbocycles. The van der Waals surface area contributed by atoms with Crippen molar-refractivity contribution in [3.8, 4) is 11.5 Å². The van der Waals surface area contributed by atoms with Gasteiger partial charge in [0, 0.05) is 31.6 Å². The number of amides is 1. The van der Waals surface area contributed by atoms with Gasteiger partial charge in [-0.05, 0) is 42.5 Å². The molecule has 2 aromatic rings. The first kappa shape index (κ1) is 20.9. The van der Waals surface area contributed by atoms with Gasteiger partial charge in [0.2, 0.25) is 0 Å². The normalized spacial score (nSPS) is 15.2. The van der Waals surface area contributed by atoms with Crippen LogP contribution >= 0.6 is 0 Å². The van der Waals surface area contributed by atoms with Crippen LogP contribution < -0.4 is 9.47 Å². The largest absolute Gasteiger partial charge is 0.493 e. The second kappa shape index (κ2) is 8.69. The van der Waals surface area contributed by atoms with Crippen molar-refractivity contribution in [1.29, 1.82) is 0 Å². The zero-order valence-electron chi connectivity index (χ0n) is 16.4. The van der Waals surface area contributed by atoms with E-state index in [1.165, 1.54) is 24.1 Å². The summed E-state index contributed by atoms with van der Waals surface area (Å²) in [6, 6.07) is 8.37. The summed E-state index contributed by atoms with van der Waals surface area (Å²) in [5.41, 5.74) is 1.82. The molecule has 0 atom stereocenters. The second-order valence-electron chi connectivity index (χ2n) is 7.00. The first-order valence-corrected chi connectivity index (χ1v) is 11.1. The van der Waals surface area contributed by atoms with Crippen molar-refractivity contribution in [3.63, 3.8) is 0 Å². The number of aromatic nitrogens is 1. The molecule has 0 unspecified atom stereocenters. The number of nitrogens with zero attached hydrogens (tertiary/aromatic N) is 2. The Balaban J connectivity index is 1.62. The predicted octanol–water partition coefficient (Wildman–Crippen LogP) is 2.93. The highest BCUT2D eigenvalue weighted by Gasteiger charge is 2.23. The van der Waals surface area contributed by atoms with Crippen LogP contribution in [0.5, 0.6) is 11.5 Å². The van der Waals surface area contributed by atoms with E-state index in [0.29, 0.717) is 30.5 Å². The van der Waals surface area contributed by atoms with E-state index in [1.54, 1.807) is 6.07 Å². The van der Waals surface area contributed by atoms with Crippen LogP contribution in [-0.4, -0.2) is 56.0 Å². The van der Waals surface area contributed by atoms with Crippen LogP contribution in [0.1, 0.15) is 30.0 Å². The summed E-state index contributed by atoms with van der Waals surface area (Å²) in [5.74, 6) is 1.08. The Kier molecular flexibility index (Phi) is 6.26. The number of rotatable bonds is 6. The van der Waals surface area contributed by atoms with Crippen molar-refractivity contribution in [2.24, 2.45) is 0 Å². The molecule has 1 saturated heterocycles. The Morgan fingerprint density at radius 3 is 2.48 bits per heavy atom. The Bertz CT molecular complexity index is 967. The minimum absolute atomic E-state index is 0.165. The maximum absolute atomic E-state index is 11.7. The molecule has 0 bridgehead atoms. The molecule has 1 aliphatic rings. The standard InChI is InChI=1S/C20H24N2O6S/c1-27-19-11-17(29(2,25)26)5-6-18(19)28-13-16-4-3-15(12-21-16)14-7-9-22(10-8-14)20(23)24/h3-6,11-12,14H,7-10,13H2,1-2H3,(H,23,24). The molecule has 156 valence electrons. The lowest BCUT2D eigenvalue weighted by Gasteiger charge is -2.30. The number of methoxy groups -OCH3 is 1. The van der Waals surface area contributed by atoms with E-state index in [4.69, 9.17) is 14.6 Å². The quantitative estimate of drug-likeness (QED) is 0.766. The molecular weight excluding hydrogens is 396 g/mol. The minimum Gasteiger partial charge on any atom is -0.493 e. The third kappa shape index (κ3) is 5.17. The number of carbonyl (C=O) groups is 1. The molecule has 1 amide bonds. The first-order chi connectivity index (χ1) is 13.8. The van der Waals surface area contributed by atoms with Crippen molar-refractivity contribution >= 4 is 15.9 Å². The molecular formula is C20H24N2O6S. The average molecular weight is 420 g/mol. The van der Waals surface area contributed by atoms with Crippen LogP contribution in [0.4, 0.5) is 4.79 Å². The highest BCUT2D eigenvalue weighted by molar-refractivity contribution is 7.90. The van der Waals surface area contributed by atoms with Gasteiger partial charge in [-0.25, -0.2) is 13.2 Å². The average Bonchev–Trinajstić information content (AvgIpc) is 2.72. The fraction of sp³-hybridized carbons (Fsp3) is 0.400. The zero-order valence-corrected chi connectivity index (χ0v) is 17.2. The zero-order chi connectivity index (χ0) is 21.0. The van der Waals surface area contributed by atoms with Crippen molar-refractivity contribution in [2.75, 3.05) is 26.5 Å². The van der Waals surface area contributed by atoms with Gasteiger partial charge < -0.3 is 19.5 Å². The van der Waals surface area contributed by atoms with Crippen molar-refractivity contribution in [1.82, 2.24) is 9.88 Å². The third-order valence-electron chi connectivity index (χ3n) is 5.02. The van der Waals surface area contributed by atoms with Gasteiger partial charge in [0.25, 0.3) is 0 Å². The minimum atomic E-state index is -3.33. The Labute approximate surface area is 170 Å². The highest BCUT2D eigenvalue weighted by Crippen LogP contribution is 2.31. The van der Waals surface area contributed by atoms with E-state index >= 15 is 0 Å². The fourth-order valence-electron chi connectivity index (χ4n) is 3.32. The molecule has 9 heteroatoms. The summed E-state index contributed by atoms with van der Waals surface area (Å²) >= 11 is 0. The predicted molar refractivity (Wildman–Crippen MR) is 106 cm³/mol. The Morgan fingerprint density at radius 2 is 1.93 bits per heavy atom. The lowest BCUT2D eigenvalue weighted by molar-refractivity contribution is 0.132. The molecule has 0 radical (unpaired) electrons. The van der Waals surface area contributed by atoms with Crippen LogP contribution in [0.2, 0.25) is 0 Å². The van der Waals surface area contributed by atoms with Gasteiger partial charge in [-0.2, -0.15) is 0 Å². The summed E-state index contributed by atoms with van der Waals surface area (Å²) in [7, 11) is -1.87. The number of benzene rings is 1.